The van der Waals surface area contributed by atoms with E-state index in [2.05, 4.69) is 16.9 Å². The van der Waals surface area contributed by atoms with Crippen molar-refractivity contribution in [1.82, 2.24) is 9.78 Å². The summed E-state index contributed by atoms with van der Waals surface area (Å²) in [6.07, 6.45) is 2.32. The quantitative estimate of drug-likeness (QED) is 0.369. The highest BCUT2D eigenvalue weighted by Gasteiger charge is 1.87. The summed E-state index contributed by atoms with van der Waals surface area (Å²) in [6, 6.07) is 1.75. The van der Waals surface area contributed by atoms with Gasteiger partial charge in [-0.1, -0.05) is 0 Å². The number of aromatic nitrogens is 2. The lowest BCUT2D eigenvalue weighted by Crippen LogP contribution is -1.87. The summed E-state index contributed by atoms with van der Waals surface area (Å²) < 4.78 is 1.63. The fourth-order valence-electron chi connectivity index (χ4n) is 0.585. The molecule has 50 valence electrons. The van der Waals surface area contributed by atoms with Crippen LogP contribution in [0.3, 0.4) is 0 Å². The van der Waals surface area contributed by atoms with Gasteiger partial charge in [-0.05, 0) is 17.9 Å². The van der Waals surface area contributed by atoms with Crippen molar-refractivity contribution in [3.63, 3.8) is 0 Å². The first-order chi connectivity index (χ1) is 4.83. The lowest BCUT2D eigenvalue weighted by atomic mass is 10.4. The molecule has 0 amide bonds. The van der Waals surface area contributed by atoms with Crippen LogP contribution in [0.4, 0.5) is 0 Å². The summed E-state index contributed by atoms with van der Waals surface area (Å²) >= 11 is 0. The second-order valence-corrected chi connectivity index (χ2v) is 1.76. The first kappa shape index (κ1) is 6.56. The second kappa shape index (κ2) is 2.83. The monoisotopic (exact) mass is 134 g/mol. The summed E-state index contributed by atoms with van der Waals surface area (Å²) in [4.78, 5) is 9.78. The third-order valence-electron chi connectivity index (χ3n) is 0.973. The molecule has 10 heavy (non-hydrogen) atoms. The maximum atomic E-state index is 9.78. The van der Waals surface area contributed by atoms with Gasteiger partial charge in [-0.15, -0.1) is 0 Å². The summed E-state index contributed by atoms with van der Waals surface area (Å²) in [5.41, 5.74) is 0.620. The van der Waals surface area contributed by atoms with Crippen LogP contribution in [-0.4, -0.2) is 16.1 Å². The van der Waals surface area contributed by atoms with Crippen LogP contribution in [0, 0.1) is 11.8 Å². The topological polar surface area (TPSA) is 34.9 Å². The minimum absolute atomic E-state index is 0.550. The molecule has 0 saturated heterocycles. The SMILES string of the molecule is Cn1ccc(C#CC=O)n1. The van der Waals surface area contributed by atoms with Gasteiger partial charge in [0.05, 0.1) is 0 Å². The van der Waals surface area contributed by atoms with Crippen LogP contribution in [0.1, 0.15) is 5.69 Å². The minimum Gasteiger partial charge on any atom is -0.289 e. The lowest BCUT2D eigenvalue weighted by molar-refractivity contribution is -0.103. The average molecular weight is 134 g/mol. The Morgan fingerprint density at radius 3 is 3.10 bits per heavy atom. The van der Waals surface area contributed by atoms with Gasteiger partial charge in [-0.25, -0.2) is 0 Å². The number of hydrogen-bond donors (Lipinski definition) is 0. The molecule has 3 nitrogen and oxygen atoms in total. The fraction of sp³-hybridized carbons (Fsp3) is 0.143. The number of aldehydes is 1. The molecule has 0 spiro atoms. The van der Waals surface area contributed by atoms with Crippen molar-refractivity contribution >= 4 is 6.29 Å². The number of rotatable bonds is 0. The van der Waals surface area contributed by atoms with Crippen LogP contribution in [0.5, 0.6) is 0 Å². The highest BCUT2D eigenvalue weighted by atomic mass is 16.1. The van der Waals surface area contributed by atoms with Crippen LogP contribution in [0.15, 0.2) is 12.3 Å². The van der Waals surface area contributed by atoms with E-state index in [0.29, 0.717) is 12.0 Å². The van der Waals surface area contributed by atoms with Crippen molar-refractivity contribution in [2.24, 2.45) is 7.05 Å². The van der Waals surface area contributed by atoms with Gasteiger partial charge in [0.2, 0.25) is 0 Å². The Morgan fingerprint density at radius 2 is 2.60 bits per heavy atom. The zero-order chi connectivity index (χ0) is 7.40. The molecule has 0 aliphatic rings. The van der Waals surface area contributed by atoms with E-state index in [1.165, 1.54) is 0 Å². The molecule has 0 atom stereocenters. The zero-order valence-corrected chi connectivity index (χ0v) is 5.53. The Morgan fingerprint density at radius 1 is 1.80 bits per heavy atom. The van der Waals surface area contributed by atoms with Gasteiger partial charge >= 0.3 is 0 Å². The molecule has 1 aromatic heterocycles. The molecular formula is C7H6N2O. The van der Waals surface area contributed by atoms with Gasteiger partial charge in [-0.3, -0.25) is 9.48 Å². The van der Waals surface area contributed by atoms with Crippen LogP contribution in [-0.2, 0) is 11.8 Å². The first-order valence-electron chi connectivity index (χ1n) is 2.78. The number of nitrogens with zero attached hydrogens (tertiary/aromatic N) is 2. The molecule has 1 rings (SSSR count). The Labute approximate surface area is 58.7 Å². The fourth-order valence-corrected chi connectivity index (χ4v) is 0.585. The normalized spacial score (nSPS) is 8.10. The van der Waals surface area contributed by atoms with E-state index in [0.717, 1.165) is 0 Å². The summed E-state index contributed by atoms with van der Waals surface area (Å²) in [7, 11) is 1.80. The molecule has 0 fully saturated rings. The van der Waals surface area contributed by atoms with Gasteiger partial charge in [0.15, 0.2) is 6.29 Å². The highest BCUT2D eigenvalue weighted by Crippen LogP contribution is 1.88. The Balaban J connectivity index is 2.85. The molecular weight excluding hydrogens is 128 g/mol. The molecule has 3 heteroatoms. The van der Waals surface area contributed by atoms with Crippen LogP contribution in [0.2, 0.25) is 0 Å². The van der Waals surface area contributed by atoms with Gasteiger partial charge in [0.1, 0.15) is 5.69 Å². The number of hydrogen-bond acceptors (Lipinski definition) is 2. The van der Waals surface area contributed by atoms with E-state index >= 15 is 0 Å². The molecule has 1 heterocycles. The third-order valence-corrected chi connectivity index (χ3v) is 0.973. The van der Waals surface area contributed by atoms with Crippen molar-refractivity contribution in [2.45, 2.75) is 0 Å². The largest absolute Gasteiger partial charge is 0.289 e. The van der Waals surface area contributed by atoms with Crippen molar-refractivity contribution in [1.29, 1.82) is 0 Å². The molecule has 0 saturated carbocycles. The van der Waals surface area contributed by atoms with Gasteiger partial charge in [0.25, 0.3) is 0 Å². The van der Waals surface area contributed by atoms with Crippen molar-refractivity contribution in [3.8, 4) is 11.8 Å². The molecule has 0 aliphatic heterocycles. The number of carbonyl (C=O) groups excluding carboxylic acids is 1. The summed E-state index contributed by atoms with van der Waals surface area (Å²) in [5.74, 6) is 4.84. The van der Waals surface area contributed by atoms with E-state index in [4.69, 9.17) is 0 Å². The van der Waals surface area contributed by atoms with E-state index in [9.17, 15) is 4.79 Å². The smallest absolute Gasteiger partial charge is 0.193 e. The molecule has 0 N–H and O–H groups in total. The second-order valence-electron chi connectivity index (χ2n) is 1.76. The molecule has 0 aliphatic carbocycles. The summed E-state index contributed by atoms with van der Waals surface area (Å²) in [6.45, 7) is 0. The number of aryl methyl sites for hydroxylation is 1. The van der Waals surface area contributed by atoms with Gasteiger partial charge in [0, 0.05) is 13.2 Å². The lowest BCUT2D eigenvalue weighted by Gasteiger charge is -1.80. The van der Waals surface area contributed by atoms with E-state index in [1.54, 1.807) is 24.0 Å². The van der Waals surface area contributed by atoms with Crippen LogP contribution < -0.4 is 0 Å². The standard InChI is InChI=1S/C7H6N2O/c1-9-5-4-7(8-9)3-2-6-10/h4-6H,1H3. The molecule has 0 bridgehead atoms. The van der Waals surface area contributed by atoms with Crippen molar-refractivity contribution in [3.05, 3.63) is 18.0 Å². The van der Waals surface area contributed by atoms with Crippen molar-refractivity contribution in [2.75, 3.05) is 0 Å². The van der Waals surface area contributed by atoms with Crippen LogP contribution >= 0.6 is 0 Å². The molecule has 0 unspecified atom stereocenters. The average Bonchev–Trinajstić information content (AvgIpc) is 2.31. The Kier molecular flexibility index (Phi) is 1.86. The minimum atomic E-state index is 0.550. The zero-order valence-electron chi connectivity index (χ0n) is 5.53. The Hall–Kier alpha value is -1.56. The van der Waals surface area contributed by atoms with Gasteiger partial charge in [-0.2, -0.15) is 5.10 Å². The van der Waals surface area contributed by atoms with E-state index in [-0.39, 0.29) is 0 Å². The first-order valence-corrected chi connectivity index (χ1v) is 2.78. The highest BCUT2D eigenvalue weighted by molar-refractivity contribution is 5.73. The third kappa shape index (κ3) is 1.46. The maximum Gasteiger partial charge on any atom is 0.193 e. The maximum absolute atomic E-state index is 9.78. The molecule has 0 radical (unpaired) electrons. The van der Waals surface area contributed by atoms with Crippen molar-refractivity contribution < 1.29 is 4.79 Å². The summed E-state index contributed by atoms with van der Waals surface area (Å²) in [5, 5.41) is 3.93. The molecule has 0 aromatic carbocycles. The molecule has 1 aromatic rings. The van der Waals surface area contributed by atoms with Crippen LogP contribution in [0.25, 0.3) is 0 Å². The predicted octanol–water partition coefficient (Wildman–Crippen LogP) is -0.0295. The van der Waals surface area contributed by atoms with E-state index in [1.807, 2.05) is 0 Å². The number of carbonyl (C=O) groups is 1. The van der Waals surface area contributed by atoms with E-state index < -0.39 is 0 Å². The Bertz CT molecular complexity index is 290. The van der Waals surface area contributed by atoms with Gasteiger partial charge < -0.3 is 0 Å². The predicted molar refractivity (Wildman–Crippen MR) is 36.1 cm³/mol.